The lowest BCUT2D eigenvalue weighted by molar-refractivity contribution is -0.106. The zero-order valence-electron chi connectivity index (χ0n) is 19.8. The van der Waals surface area contributed by atoms with E-state index in [1.807, 2.05) is 0 Å². The van der Waals surface area contributed by atoms with E-state index in [1.165, 1.54) is 24.5 Å². The van der Waals surface area contributed by atoms with Crippen molar-refractivity contribution in [3.63, 3.8) is 0 Å². The van der Waals surface area contributed by atoms with Crippen molar-refractivity contribution in [3.8, 4) is 28.1 Å². The largest absolute Gasteiger partial charge is 0.478 e. The standard InChI is InChI=1S/C21H24F3N7O4S2/c1-12-27-19(17(36-12)14-7-9-26-20(29-14)28-13-4-3-8-25-10-13)35-15-5-6-16(30-18(15)34-2)31-37(32,33)11-21(22,23)24/h5-7,9,13,25H,3-4,8,10-11H2,1-2H3,(H,30,31)(H,26,28,29)/t13-/m0/s1. The minimum Gasteiger partial charge on any atom is -0.478 e. The Hall–Kier alpha value is -3.24. The lowest BCUT2D eigenvalue weighted by Crippen LogP contribution is -2.38. The van der Waals surface area contributed by atoms with E-state index >= 15 is 0 Å². The van der Waals surface area contributed by atoms with Crippen LogP contribution in [0.4, 0.5) is 24.9 Å². The van der Waals surface area contributed by atoms with E-state index in [-0.39, 0.29) is 29.4 Å². The molecule has 1 aliphatic rings. The van der Waals surface area contributed by atoms with Crippen molar-refractivity contribution < 1.29 is 31.1 Å². The Morgan fingerprint density at radius 2 is 2.00 bits per heavy atom. The number of hydrogen-bond acceptors (Lipinski definition) is 11. The van der Waals surface area contributed by atoms with Gasteiger partial charge in [0.1, 0.15) is 10.7 Å². The molecule has 37 heavy (non-hydrogen) atoms. The molecule has 1 aliphatic heterocycles. The maximum atomic E-state index is 12.5. The third kappa shape index (κ3) is 7.39. The molecule has 4 heterocycles. The van der Waals surface area contributed by atoms with Gasteiger partial charge >= 0.3 is 6.18 Å². The smallest absolute Gasteiger partial charge is 0.404 e. The fraction of sp³-hybridized carbons (Fsp3) is 0.429. The lowest BCUT2D eigenvalue weighted by Gasteiger charge is -2.23. The van der Waals surface area contributed by atoms with Crippen molar-refractivity contribution in [3.05, 3.63) is 29.4 Å². The minimum atomic E-state index is -4.90. The lowest BCUT2D eigenvalue weighted by atomic mass is 10.1. The third-order valence-electron chi connectivity index (χ3n) is 5.06. The Morgan fingerprint density at radius 3 is 2.70 bits per heavy atom. The first-order valence-electron chi connectivity index (χ1n) is 11.1. The number of anilines is 2. The van der Waals surface area contributed by atoms with E-state index in [0.29, 0.717) is 21.5 Å². The number of aromatic nitrogens is 4. The number of sulfonamides is 1. The molecule has 11 nitrogen and oxygen atoms in total. The van der Waals surface area contributed by atoms with E-state index in [0.717, 1.165) is 32.0 Å². The molecule has 200 valence electrons. The molecule has 0 amide bonds. The van der Waals surface area contributed by atoms with Crippen molar-refractivity contribution in [1.29, 1.82) is 0 Å². The van der Waals surface area contributed by atoms with Crippen LogP contribution in [-0.4, -0.2) is 66.5 Å². The summed E-state index contributed by atoms with van der Waals surface area (Å²) in [6, 6.07) is 4.41. The van der Waals surface area contributed by atoms with Gasteiger partial charge in [0, 0.05) is 18.8 Å². The monoisotopic (exact) mass is 559 g/mol. The molecule has 1 atom stereocenters. The Bertz CT molecular complexity index is 1350. The summed E-state index contributed by atoms with van der Waals surface area (Å²) in [6.45, 7) is 3.60. The highest BCUT2D eigenvalue weighted by Gasteiger charge is 2.35. The summed E-state index contributed by atoms with van der Waals surface area (Å²) < 4.78 is 74.0. The zero-order chi connectivity index (χ0) is 26.6. The van der Waals surface area contributed by atoms with Crippen molar-refractivity contribution in [2.45, 2.75) is 32.0 Å². The normalized spacial score (nSPS) is 16.3. The second-order valence-electron chi connectivity index (χ2n) is 8.10. The number of pyridine rings is 1. The van der Waals surface area contributed by atoms with Gasteiger partial charge in [-0.05, 0) is 44.5 Å². The molecule has 1 fully saturated rings. The Kier molecular flexibility index (Phi) is 7.99. The molecule has 0 unspecified atom stereocenters. The van der Waals surface area contributed by atoms with Crippen molar-refractivity contribution in [2.24, 2.45) is 0 Å². The van der Waals surface area contributed by atoms with Gasteiger partial charge in [-0.25, -0.2) is 23.4 Å². The van der Waals surface area contributed by atoms with E-state index in [2.05, 4.69) is 30.6 Å². The van der Waals surface area contributed by atoms with Gasteiger partial charge in [-0.2, -0.15) is 18.2 Å². The number of methoxy groups -OCH3 is 1. The van der Waals surface area contributed by atoms with Crippen molar-refractivity contribution in [2.75, 3.05) is 36.0 Å². The van der Waals surface area contributed by atoms with Crippen molar-refractivity contribution in [1.82, 2.24) is 25.3 Å². The van der Waals surface area contributed by atoms with Crippen LogP contribution in [0.1, 0.15) is 17.8 Å². The molecule has 1 saturated heterocycles. The van der Waals surface area contributed by atoms with Crippen LogP contribution in [0.15, 0.2) is 24.4 Å². The number of piperidine rings is 1. The molecule has 3 N–H and O–H groups in total. The number of thiazole rings is 1. The first-order chi connectivity index (χ1) is 17.5. The first kappa shape index (κ1) is 26.8. The average molecular weight is 560 g/mol. The highest BCUT2D eigenvalue weighted by Crippen LogP contribution is 2.39. The zero-order valence-corrected chi connectivity index (χ0v) is 21.4. The van der Waals surface area contributed by atoms with Crippen LogP contribution >= 0.6 is 11.3 Å². The van der Waals surface area contributed by atoms with Crippen LogP contribution in [0.5, 0.6) is 17.5 Å². The molecular weight excluding hydrogens is 535 g/mol. The summed E-state index contributed by atoms with van der Waals surface area (Å²) in [7, 11) is -3.45. The second-order valence-corrected chi connectivity index (χ2v) is 11.0. The molecule has 3 aromatic heterocycles. The summed E-state index contributed by atoms with van der Waals surface area (Å²) in [5.41, 5.74) is 0.574. The molecule has 16 heteroatoms. The predicted molar refractivity (Wildman–Crippen MR) is 132 cm³/mol. The van der Waals surface area contributed by atoms with E-state index in [4.69, 9.17) is 9.47 Å². The summed E-state index contributed by atoms with van der Waals surface area (Å²) in [6.07, 6.45) is -1.21. The van der Waals surface area contributed by atoms with Crippen LogP contribution in [-0.2, 0) is 10.0 Å². The van der Waals surface area contributed by atoms with E-state index < -0.39 is 22.0 Å². The number of rotatable bonds is 9. The molecule has 3 aromatic rings. The highest BCUT2D eigenvalue weighted by atomic mass is 32.2. The van der Waals surface area contributed by atoms with Gasteiger partial charge in [-0.15, -0.1) is 11.3 Å². The minimum absolute atomic E-state index is 0.0773. The van der Waals surface area contributed by atoms with Gasteiger partial charge in [-0.3, -0.25) is 4.72 Å². The third-order valence-corrected chi connectivity index (χ3v) is 7.26. The molecule has 0 aromatic carbocycles. The first-order valence-corrected chi connectivity index (χ1v) is 13.6. The molecule has 0 saturated carbocycles. The van der Waals surface area contributed by atoms with Gasteiger partial charge in [0.05, 0.1) is 17.8 Å². The van der Waals surface area contributed by atoms with E-state index in [9.17, 15) is 21.6 Å². The number of alkyl halides is 3. The molecule has 0 aliphatic carbocycles. The maximum absolute atomic E-state index is 12.5. The van der Waals surface area contributed by atoms with Crippen LogP contribution in [0.2, 0.25) is 0 Å². The Morgan fingerprint density at radius 1 is 1.19 bits per heavy atom. The topological polar surface area (TPSA) is 140 Å². The summed E-state index contributed by atoms with van der Waals surface area (Å²) in [5, 5.41) is 7.35. The van der Waals surface area contributed by atoms with Gasteiger partial charge in [-0.1, -0.05) is 0 Å². The SMILES string of the molecule is COc1nc(NS(=O)(=O)CC(F)(F)F)ccc1Oc1nc(C)sc1-c1ccnc(N[C@H]2CCCNC2)n1. The molecule has 4 rings (SSSR count). The molecular formula is C21H24F3N7O4S2. The van der Waals surface area contributed by atoms with Gasteiger partial charge in [0.25, 0.3) is 5.88 Å². The Labute approximate surface area is 214 Å². The quantitative estimate of drug-likeness (QED) is 0.356. The van der Waals surface area contributed by atoms with E-state index in [1.54, 1.807) is 23.9 Å². The van der Waals surface area contributed by atoms with Crippen LogP contribution in [0.25, 0.3) is 10.6 Å². The number of ether oxygens (including phenoxy) is 2. The average Bonchev–Trinajstić information content (AvgIpc) is 3.19. The summed E-state index contributed by atoms with van der Waals surface area (Å²) >= 11 is 1.35. The fourth-order valence-electron chi connectivity index (χ4n) is 3.57. The molecule has 0 spiro atoms. The number of aryl methyl sites for hydroxylation is 1. The van der Waals surface area contributed by atoms with Crippen LogP contribution in [0, 0.1) is 6.92 Å². The second kappa shape index (κ2) is 11.0. The van der Waals surface area contributed by atoms with Gasteiger partial charge < -0.3 is 20.1 Å². The highest BCUT2D eigenvalue weighted by molar-refractivity contribution is 7.92. The predicted octanol–water partition coefficient (Wildman–Crippen LogP) is 3.57. The number of nitrogens with zero attached hydrogens (tertiary/aromatic N) is 4. The maximum Gasteiger partial charge on any atom is 0.404 e. The van der Waals surface area contributed by atoms with Crippen LogP contribution in [0.3, 0.4) is 0 Å². The fourth-order valence-corrected chi connectivity index (χ4v) is 5.33. The summed E-state index contributed by atoms with van der Waals surface area (Å²) in [5.74, 6) is -1.80. The van der Waals surface area contributed by atoms with Gasteiger partial charge in [0.2, 0.25) is 21.9 Å². The molecule has 0 radical (unpaired) electrons. The number of nitrogens with one attached hydrogen (secondary N) is 3. The Balaban J connectivity index is 1.55. The van der Waals surface area contributed by atoms with Crippen LogP contribution < -0.4 is 24.8 Å². The molecule has 0 bridgehead atoms. The number of hydrogen-bond donors (Lipinski definition) is 3. The van der Waals surface area contributed by atoms with Crippen molar-refractivity contribution >= 4 is 33.1 Å². The van der Waals surface area contributed by atoms with Gasteiger partial charge in [0.15, 0.2) is 11.5 Å². The summed E-state index contributed by atoms with van der Waals surface area (Å²) in [4.78, 5) is 17.9. The number of halogens is 3.